The predicted octanol–water partition coefficient (Wildman–Crippen LogP) is 3.57. The second-order valence-corrected chi connectivity index (χ2v) is 12.2. The van der Waals surface area contributed by atoms with Gasteiger partial charge in [0.05, 0.1) is 53.6 Å². The van der Waals surface area contributed by atoms with E-state index < -0.39 is 5.79 Å². The number of hydrazone groups is 1. The Morgan fingerprint density at radius 3 is 2.68 bits per heavy atom. The Bertz CT molecular complexity index is 1680. The van der Waals surface area contributed by atoms with Gasteiger partial charge in [-0.15, -0.1) is 0 Å². The molecule has 0 spiro atoms. The Labute approximate surface area is 260 Å². The topological polar surface area (TPSA) is 151 Å². The summed E-state index contributed by atoms with van der Waals surface area (Å²) in [5.74, 6) is 13.3. The molecule has 0 aliphatic carbocycles. The highest BCUT2D eigenvalue weighted by molar-refractivity contribution is 6.30. The lowest BCUT2D eigenvalue weighted by Crippen LogP contribution is -2.35. The number of ether oxygens (including phenoxy) is 3. The van der Waals surface area contributed by atoms with Gasteiger partial charge in [-0.1, -0.05) is 23.7 Å². The van der Waals surface area contributed by atoms with Gasteiger partial charge in [0, 0.05) is 25.3 Å². The minimum Gasteiger partial charge on any atom is -0.443 e. The first-order valence-corrected chi connectivity index (χ1v) is 15.3. The SMILES string of the molecule is CC1(c2ccc(Cl)cn2)Oc2cccc(C3CCN(Cc4nc5cc(C/C(=N/N)NN)ncc5n4CC4CCO4)CC3)c2O1. The smallest absolute Gasteiger partial charge is 0.292 e. The van der Waals surface area contributed by atoms with Crippen molar-refractivity contribution in [3.05, 3.63) is 76.6 Å². The van der Waals surface area contributed by atoms with E-state index in [2.05, 4.69) is 36.0 Å². The van der Waals surface area contributed by atoms with Crippen LogP contribution in [-0.2, 0) is 30.0 Å². The van der Waals surface area contributed by atoms with Gasteiger partial charge in [-0.3, -0.25) is 14.9 Å². The van der Waals surface area contributed by atoms with Gasteiger partial charge < -0.3 is 30.0 Å². The normalized spacial score (nSPS) is 22.3. The Balaban J connectivity index is 1.06. The fourth-order valence-electron chi connectivity index (χ4n) is 6.29. The fourth-order valence-corrected chi connectivity index (χ4v) is 6.41. The molecule has 1 aromatic carbocycles. The van der Waals surface area contributed by atoms with E-state index >= 15 is 0 Å². The van der Waals surface area contributed by atoms with Crippen LogP contribution in [0, 0.1) is 0 Å². The number of nitrogens with one attached hydrogen (secondary N) is 1. The first-order valence-electron chi connectivity index (χ1n) is 15.0. The van der Waals surface area contributed by atoms with E-state index in [0.717, 1.165) is 86.1 Å². The Morgan fingerprint density at radius 1 is 1.14 bits per heavy atom. The number of piperidine rings is 1. The molecule has 0 radical (unpaired) electrons. The van der Waals surface area contributed by atoms with Crippen molar-refractivity contribution in [1.29, 1.82) is 0 Å². The predicted molar refractivity (Wildman–Crippen MR) is 166 cm³/mol. The molecule has 7 rings (SSSR count). The van der Waals surface area contributed by atoms with Crippen molar-refractivity contribution in [3.8, 4) is 11.5 Å². The number of hydrogen-bond acceptors (Lipinski definition) is 10. The highest BCUT2D eigenvalue weighted by atomic mass is 35.5. The number of hydrazine groups is 1. The van der Waals surface area contributed by atoms with Crippen LogP contribution in [0.1, 0.15) is 54.9 Å². The summed E-state index contributed by atoms with van der Waals surface area (Å²) in [4.78, 5) is 16.6. The molecule has 2 atom stereocenters. The number of pyridine rings is 2. The monoisotopic (exact) mass is 617 g/mol. The molecule has 0 bridgehead atoms. The molecule has 3 aliphatic heterocycles. The number of imidazole rings is 1. The first-order chi connectivity index (χ1) is 21.4. The van der Waals surface area contributed by atoms with Crippen LogP contribution in [0.2, 0.25) is 5.02 Å². The van der Waals surface area contributed by atoms with E-state index in [1.165, 1.54) is 5.56 Å². The second-order valence-electron chi connectivity index (χ2n) is 11.7. The van der Waals surface area contributed by atoms with E-state index in [4.69, 9.17) is 42.5 Å². The molecule has 2 unspecified atom stereocenters. The number of para-hydroxylation sites is 1. The van der Waals surface area contributed by atoms with Crippen molar-refractivity contribution in [2.45, 2.75) is 63.5 Å². The molecule has 2 fully saturated rings. The molecular weight excluding hydrogens is 582 g/mol. The number of rotatable bonds is 8. The number of halogens is 1. The fraction of sp³-hybridized carbons (Fsp3) is 0.419. The van der Waals surface area contributed by atoms with Gasteiger partial charge in [-0.25, -0.2) is 10.8 Å². The van der Waals surface area contributed by atoms with Crippen LogP contribution >= 0.6 is 11.6 Å². The highest BCUT2D eigenvalue weighted by Gasteiger charge is 2.42. The summed E-state index contributed by atoms with van der Waals surface area (Å²) in [5, 5.41) is 4.25. The van der Waals surface area contributed by atoms with Gasteiger partial charge in [0.15, 0.2) is 11.5 Å². The van der Waals surface area contributed by atoms with Gasteiger partial charge in [0.2, 0.25) is 0 Å². The summed E-state index contributed by atoms with van der Waals surface area (Å²) in [7, 11) is 0. The van der Waals surface area contributed by atoms with Crippen LogP contribution in [0.3, 0.4) is 0 Å². The van der Waals surface area contributed by atoms with Gasteiger partial charge in [-0.2, -0.15) is 5.10 Å². The largest absolute Gasteiger partial charge is 0.443 e. The maximum atomic E-state index is 6.48. The van der Waals surface area contributed by atoms with Crippen molar-refractivity contribution >= 4 is 28.5 Å². The molecule has 230 valence electrons. The van der Waals surface area contributed by atoms with Crippen LogP contribution in [0.25, 0.3) is 11.0 Å². The molecule has 4 aromatic rings. The molecule has 44 heavy (non-hydrogen) atoms. The maximum absolute atomic E-state index is 6.48. The Hall–Kier alpha value is -3.97. The van der Waals surface area contributed by atoms with E-state index in [1.54, 1.807) is 12.3 Å². The minimum atomic E-state index is -0.999. The maximum Gasteiger partial charge on any atom is 0.292 e. The van der Waals surface area contributed by atoms with E-state index in [-0.39, 0.29) is 6.10 Å². The molecule has 3 aromatic heterocycles. The van der Waals surface area contributed by atoms with Crippen molar-refractivity contribution in [2.24, 2.45) is 16.8 Å². The molecular formula is C31H36ClN9O3. The molecule has 5 N–H and O–H groups in total. The number of nitrogens with zero attached hydrogens (tertiary/aromatic N) is 6. The van der Waals surface area contributed by atoms with Crippen LogP contribution in [0.4, 0.5) is 0 Å². The Morgan fingerprint density at radius 2 is 1.98 bits per heavy atom. The molecule has 6 heterocycles. The quantitative estimate of drug-likeness (QED) is 0.116. The standard InChI is InChI=1S/C31H36ClN9O3/c1-31(27-6-5-20(32)15-36-27)43-26-4-2-3-23(30(26)44-31)19-7-10-40(11-8-19)18-29-37-24-13-21(14-28(38-33)39-34)35-16-25(24)41(29)17-22-9-12-42-22/h2-6,13,15-16,19,22H,7-12,14,17-18,33-34H2,1H3,(H,38,39). The van der Waals surface area contributed by atoms with Crippen molar-refractivity contribution in [1.82, 2.24) is 29.8 Å². The number of nitrogens with two attached hydrogens (primary N) is 2. The minimum absolute atomic E-state index is 0.199. The molecule has 13 heteroatoms. The second kappa shape index (κ2) is 11.8. The summed E-state index contributed by atoms with van der Waals surface area (Å²) >= 11 is 6.06. The zero-order valence-corrected chi connectivity index (χ0v) is 25.3. The van der Waals surface area contributed by atoms with Crippen molar-refractivity contribution in [3.63, 3.8) is 0 Å². The average Bonchev–Trinajstić information content (AvgIpc) is 3.54. The molecule has 3 aliphatic rings. The summed E-state index contributed by atoms with van der Waals surface area (Å²) in [6, 6.07) is 11.8. The number of fused-ring (bicyclic) bond motifs is 2. The molecule has 0 saturated carbocycles. The van der Waals surface area contributed by atoms with Crippen LogP contribution in [-0.4, -0.2) is 56.1 Å². The number of benzene rings is 1. The summed E-state index contributed by atoms with van der Waals surface area (Å²) in [5.41, 5.74) is 7.06. The number of hydrogen-bond donors (Lipinski definition) is 3. The summed E-state index contributed by atoms with van der Waals surface area (Å²) in [6.45, 7) is 6.10. The van der Waals surface area contributed by atoms with E-state index in [1.807, 2.05) is 37.4 Å². The lowest BCUT2D eigenvalue weighted by Gasteiger charge is -2.33. The average molecular weight is 618 g/mol. The lowest BCUT2D eigenvalue weighted by atomic mass is 9.88. The van der Waals surface area contributed by atoms with Crippen molar-refractivity contribution < 1.29 is 14.2 Å². The number of amidine groups is 1. The zero-order chi connectivity index (χ0) is 30.3. The van der Waals surface area contributed by atoms with Crippen LogP contribution in [0.5, 0.6) is 11.5 Å². The van der Waals surface area contributed by atoms with Gasteiger partial charge in [0.1, 0.15) is 17.4 Å². The first kappa shape index (κ1) is 28.8. The van der Waals surface area contributed by atoms with Gasteiger partial charge in [-0.05, 0) is 62.5 Å². The van der Waals surface area contributed by atoms with Gasteiger partial charge >= 0.3 is 0 Å². The molecule has 12 nitrogen and oxygen atoms in total. The lowest BCUT2D eigenvalue weighted by molar-refractivity contribution is -0.0722. The summed E-state index contributed by atoms with van der Waals surface area (Å²) in [6.07, 6.45) is 7.14. The number of likely N-dealkylation sites (tertiary alicyclic amines) is 1. The van der Waals surface area contributed by atoms with E-state index in [0.29, 0.717) is 28.9 Å². The molecule has 0 amide bonds. The van der Waals surface area contributed by atoms with E-state index in [9.17, 15) is 0 Å². The third-order valence-electron chi connectivity index (χ3n) is 8.82. The third kappa shape index (κ3) is 5.54. The number of aromatic nitrogens is 4. The summed E-state index contributed by atoms with van der Waals surface area (Å²) < 4.78 is 20.8. The van der Waals surface area contributed by atoms with Crippen LogP contribution in [0.15, 0.2) is 53.9 Å². The highest BCUT2D eigenvalue weighted by Crippen LogP contribution is 2.49. The Kier molecular flexibility index (Phi) is 7.75. The van der Waals surface area contributed by atoms with Crippen molar-refractivity contribution in [2.75, 3.05) is 19.7 Å². The zero-order valence-electron chi connectivity index (χ0n) is 24.6. The molecule has 2 saturated heterocycles. The van der Waals surface area contributed by atoms with Gasteiger partial charge in [0.25, 0.3) is 5.79 Å². The van der Waals surface area contributed by atoms with Crippen LogP contribution < -0.4 is 26.6 Å². The third-order valence-corrected chi connectivity index (χ3v) is 9.04.